The van der Waals surface area contributed by atoms with Crippen LogP contribution in [-0.2, 0) is 11.2 Å². The molecule has 3 heterocycles. The van der Waals surface area contributed by atoms with E-state index in [2.05, 4.69) is 10.6 Å². The van der Waals surface area contributed by atoms with Gasteiger partial charge in [0.15, 0.2) is 5.16 Å². The number of aryl methyl sites for hydroxylation is 2. The molecule has 2 aromatic heterocycles. The number of carbonyl (C=O) groups is 2. The predicted octanol–water partition coefficient (Wildman–Crippen LogP) is 3.73. The van der Waals surface area contributed by atoms with Crippen molar-refractivity contribution >= 4 is 57.0 Å². The first-order valence-electron chi connectivity index (χ1n) is 9.86. The van der Waals surface area contributed by atoms with Crippen LogP contribution >= 0.6 is 34.9 Å². The number of amides is 3. The van der Waals surface area contributed by atoms with Crippen LogP contribution in [0.1, 0.15) is 24.5 Å². The standard InChI is InChI=1S/C21H22N4O3S3/c1-11-6-4-7-13(10-11)25-18(27)15-14-8-5-9-29-19(14)31-17(15)24-21(25)30-12(2)16(26)23-20(28)22-3/h4,6-7,10,12H,5,8-9H2,1-3H3,(H2,22,23,26,28)/t12-/m1/s1. The number of hydrogen-bond acceptors (Lipinski definition) is 7. The highest BCUT2D eigenvalue weighted by Crippen LogP contribution is 2.41. The van der Waals surface area contributed by atoms with Crippen LogP contribution in [0.4, 0.5) is 4.79 Å². The van der Waals surface area contributed by atoms with Crippen molar-refractivity contribution in [2.24, 2.45) is 0 Å². The van der Waals surface area contributed by atoms with E-state index in [0.29, 0.717) is 21.1 Å². The minimum absolute atomic E-state index is 0.114. The monoisotopic (exact) mass is 474 g/mol. The van der Waals surface area contributed by atoms with E-state index in [0.717, 1.165) is 33.9 Å². The summed E-state index contributed by atoms with van der Waals surface area (Å²) in [6, 6.07) is 7.10. The summed E-state index contributed by atoms with van der Waals surface area (Å²) in [4.78, 5) is 43.2. The third-order valence-corrected chi connectivity index (χ3v) is 8.51. The van der Waals surface area contributed by atoms with Gasteiger partial charge in [-0.1, -0.05) is 23.9 Å². The molecule has 4 rings (SSSR count). The Labute approximate surface area is 192 Å². The molecular formula is C21H22N4O3S3. The fourth-order valence-corrected chi connectivity index (χ4v) is 6.89. The normalized spacial score (nSPS) is 14.2. The number of rotatable bonds is 4. The molecule has 0 saturated heterocycles. The number of thiophene rings is 1. The number of nitrogens with zero attached hydrogens (tertiary/aromatic N) is 2. The number of aromatic nitrogens is 2. The highest BCUT2D eigenvalue weighted by molar-refractivity contribution is 8.01. The van der Waals surface area contributed by atoms with Crippen LogP contribution in [0.15, 0.2) is 38.4 Å². The van der Waals surface area contributed by atoms with Gasteiger partial charge in [-0.25, -0.2) is 9.78 Å². The molecule has 2 N–H and O–H groups in total. The second-order valence-electron chi connectivity index (χ2n) is 7.20. The lowest BCUT2D eigenvalue weighted by Crippen LogP contribution is -2.41. The van der Waals surface area contributed by atoms with Gasteiger partial charge in [0, 0.05) is 7.05 Å². The first kappa shape index (κ1) is 21.9. The number of carbonyl (C=O) groups excluding carboxylic acids is 2. The van der Waals surface area contributed by atoms with E-state index >= 15 is 0 Å². The minimum atomic E-state index is -0.623. The molecule has 3 aromatic rings. The Morgan fingerprint density at radius 3 is 2.87 bits per heavy atom. The minimum Gasteiger partial charge on any atom is -0.341 e. The van der Waals surface area contributed by atoms with E-state index in [1.54, 1.807) is 34.6 Å². The average Bonchev–Trinajstić information content (AvgIpc) is 3.12. The Kier molecular flexibility index (Phi) is 6.40. The van der Waals surface area contributed by atoms with Gasteiger partial charge in [0.05, 0.1) is 20.5 Å². The van der Waals surface area contributed by atoms with Crippen LogP contribution in [0.2, 0.25) is 0 Å². The maximum atomic E-state index is 13.7. The number of thioether (sulfide) groups is 2. The lowest BCUT2D eigenvalue weighted by Gasteiger charge is -2.16. The fourth-order valence-electron chi connectivity index (χ4n) is 3.39. The van der Waals surface area contributed by atoms with Gasteiger partial charge in [-0.2, -0.15) is 0 Å². The third kappa shape index (κ3) is 4.37. The Hall–Kier alpha value is -2.30. The molecule has 0 spiro atoms. The van der Waals surface area contributed by atoms with Gasteiger partial charge in [-0.3, -0.25) is 19.5 Å². The van der Waals surface area contributed by atoms with E-state index in [9.17, 15) is 14.4 Å². The van der Waals surface area contributed by atoms with Crippen molar-refractivity contribution in [3.05, 3.63) is 45.7 Å². The molecule has 3 amide bonds. The number of urea groups is 1. The number of benzene rings is 1. The van der Waals surface area contributed by atoms with Gasteiger partial charge < -0.3 is 5.32 Å². The van der Waals surface area contributed by atoms with Crippen molar-refractivity contribution in [3.63, 3.8) is 0 Å². The van der Waals surface area contributed by atoms with Crippen LogP contribution in [0.3, 0.4) is 0 Å². The third-order valence-electron chi connectivity index (χ3n) is 4.94. The van der Waals surface area contributed by atoms with E-state index in [1.165, 1.54) is 18.8 Å². The topological polar surface area (TPSA) is 93.1 Å². The molecule has 7 nitrogen and oxygen atoms in total. The Bertz CT molecular complexity index is 1230. The second kappa shape index (κ2) is 9.05. The van der Waals surface area contributed by atoms with Gasteiger partial charge in [0.1, 0.15) is 4.83 Å². The van der Waals surface area contributed by atoms with Gasteiger partial charge in [0.25, 0.3) is 5.56 Å². The molecule has 1 aromatic carbocycles. The predicted molar refractivity (Wildman–Crippen MR) is 127 cm³/mol. The largest absolute Gasteiger partial charge is 0.341 e. The van der Waals surface area contributed by atoms with Gasteiger partial charge in [-0.05, 0) is 55.7 Å². The molecule has 10 heteroatoms. The first-order valence-corrected chi connectivity index (χ1v) is 12.5. The molecule has 0 fully saturated rings. The lowest BCUT2D eigenvalue weighted by atomic mass is 10.1. The molecule has 0 aliphatic carbocycles. The van der Waals surface area contributed by atoms with Crippen molar-refractivity contribution in [1.82, 2.24) is 20.2 Å². The number of nitrogens with one attached hydrogen (secondary N) is 2. The fraction of sp³-hybridized carbons (Fsp3) is 0.333. The summed E-state index contributed by atoms with van der Waals surface area (Å²) >= 11 is 4.49. The van der Waals surface area contributed by atoms with Crippen molar-refractivity contribution in [3.8, 4) is 5.69 Å². The van der Waals surface area contributed by atoms with E-state index in [1.807, 2.05) is 31.2 Å². The molecular weight excluding hydrogens is 452 g/mol. The molecule has 1 atom stereocenters. The average molecular weight is 475 g/mol. The van der Waals surface area contributed by atoms with Gasteiger partial charge in [-0.15, -0.1) is 23.1 Å². The highest BCUT2D eigenvalue weighted by Gasteiger charge is 2.25. The van der Waals surface area contributed by atoms with E-state index in [-0.39, 0.29) is 5.56 Å². The second-order valence-corrected chi connectivity index (χ2v) is 10.9. The molecule has 1 aliphatic heterocycles. The maximum absolute atomic E-state index is 13.7. The molecule has 31 heavy (non-hydrogen) atoms. The number of hydrogen-bond donors (Lipinski definition) is 2. The summed E-state index contributed by atoms with van der Waals surface area (Å²) in [5.41, 5.74) is 2.71. The van der Waals surface area contributed by atoms with Gasteiger partial charge in [0.2, 0.25) is 5.91 Å². The molecule has 162 valence electrons. The molecule has 1 aliphatic rings. The molecule has 0 unspecified atom stereocenters. The SMILES string of the molecule is CNC(=O)NC(=O)[C@@H](C)Sc1nc2sc3c(c2c(=O)n1-c1cccc(C)c1)CCCS3. The summed E-state index contributed by atoms with van der Waals surface area (Å²) in [6.07, 6.45) is 1.92. The summed E-state index contributed by atoms with van der Waals surface area (Å²) in [6.45, 7) is 3.66. The Morgan fingerprint density at radius 2 is 2.13 bits per heavy atom. The Balaban J connectivity index is 1.85. The smallest absolute Gasteiger partial charge is 0.321 e. The zero-order valence-corrected chi connectivity index (χ0v) is 19.8. The van der Waals surface area contributed by atoms with Crippen LogP contribution in [0.5, 0.6) is 0 Å². The zero-order valence-electron chi connectivity index (χ0n) is 17.4. The summed E-state index contributed by atoms with van der Waals surface area (Å²) < 4.78 is 2.75. The van der Waals surface area contributed by atoms with Crippen LogP contribution in [0, 0.1) is 6.92 Å². The molecule has 0 radical (unpaired) electrons. The van der Waals surface area contributed by atoms with Crippen LogP contribution in [-0.4, -0.2) is 39.5 Å². The van der Waals surface area contributed by atoms with Crippen molar-refractivity contribution in [2.45, 2.75) is 41.3 Å². The van der Waals surface area contributed by atoms with Crippen molar-refractivity contribution in [1.29, 1.82) is 0 Å². The first-order chi connectivity index (χ1) is 14.9. The van der Waals surface area contributed by atoms with Crippen LogP contribution < -0.4 is 16.2 Å². The van der Waals surface area contributed by atoms with Crippen LogP contribution in [0.25, 0.3) is 15.9 Å². The highest BCUT2D eigenvalue weighted by atomic mass is 32.2. The van der Waals surface area contributed by atoms with Gasteiger partial charge >= 0.3 is 6.03 Å². The molecule has 0 saturated carbocycles. The summed E-state index contributed by atoms with van der Waals surface area (Å²) in [5.74, 6) is 0.597. The number of imide groups is 1. The van der Waals surface area contributed by atoms with E-state index < -0.39 is 17.2 Å². The summed E-state index contributed by atoms with van der Waals surface area (Å²) in [5, 5.41) is 5.15. The quantitative estimate of drug-likeness (QED) is 0.442. The lowest BCUT2D eigenvalue weighted by molar-refractivity contribution is -0.119. The maximum Gasteiger partial charge on any atom is 0.321 e. The van der Waals surface area contributed by atoms with E-state index in [4.69, 9.17) is 4.98 Å². The number of fused-ring (bicyclic) bond motifs is 3. The molecule has 0 bridgehead atoms. The van der Waals surface area contributed by atoms with Crippen molar-refractivity contribution in [2.75, 3.05) is 12.8 Å². The Morgan fingerprint density at radius 1 is 1.32 bits per heavy atom. The summed E-state index contributed by atoms with van der Waals surface area (Å²) in [7, 11) is 1.45. The zero-order chi connectivity index (χ0) is 22.1. The van der Waals surface area contributed by atoms with Crippen molar-refractivity contribution < 1.29 is 9.59 Å².